The van der Waals surface area contributed by atoms with Gasteiger partial charge in [0.25, 0.3) is 0 Å². The van der Waals surface area contributed by atoms with Crippen molar-refractivity contribution in [2.45, 2.75) is 45.7 Å². The van der Waals surface area contributed by atoms with Crippen LogP contribution >= 0.6 is 0 Å². The van der Waals surface area contributed by atoms with Crippen LogP contribution in [-0.2, 0) is 6.54 Å². The highest BCUT2D eigenvalue weighted by atomic mass is 16.5. The zero-order valence-electron chi connectivity index (χ0n) is 13.6. The monoisotopic (exact) mass is 291 g/mol. The molecule has 4 heteroatoms. The molecule has 0 aliphatic carbocycles. The molecule has 21 heavy (non-hydrogen) atoms. The van der Waals surface area contributed by atoms with E-state index < -0.39 is 0 Å². The first-order valence-electron chi connectivity index (χ1n) is 8.14. The summed E-state index contributed by atoms with van der Waals surface area (Å²) >= 11 is 0. The number of hydrogen-bond donors (Lipinski definition) is 1. The van der Waals surface area contributed by atoms with Gasteiger partial charge < -0.3 is 15.0 Å². The number of rotatable bonds is 7. The zero-order chi connectivity index (χ0) is 15.1. The van der Waals surface area contributed by atoms with E-state index in [1.807, 2.05) is 12.3 Å². The van der Waals surface area contributed by atoms with Crippen molar-refractivity contribution in [3.63, 3.8) is 0 Å². The van der Waals surface area contributed by atoms with E-state index in [9.17, 15) is 0 Å². The molecule has 1 atom stereocenters. The van der Waals surface area contributed by atoms with E-state index in [1.165, 1.54) is 25.8 Å². The number of likely N-dealkylation sites (tertiary alicyclic amines) is 1. The van der Waals surface area contributed by atoms with Gasteiger partial charge in [-0.25, -0.2) is 4.98 Å². The molecule has 2 rings (SSSR count). The number of pyridine rings is 1. The lowest BCUT2D eigenvalue weighted by molar-refractivity contribution is 0.122. The summed E-state index contributed by atoms with van der Waals surface area (Å²) in [4.78, 5) is 6.81. The van der Waals surface area contributed by atoms with Gasteiger partial charge in [-0.1, -0.05) is 26.3 Å². The molecule has 0 spiro atoms. The summed E-state index contributed by atoms with van der Waals surface area (Å²) in [6.07, 6.45) is 5.65. The van der Waals surface area contributed by atoms with Gasteiger partial charge in [0.1, 0.15) is 6.61 Å². The highest BCUT2D eigenvalue weighted by Gasteiger charge is 2.20. The molecule has 118 valence electrons. The normalized spacial score (nSPS) is 19.9. The number of hydrogen-bond acceptors (Lipinski definition) is 4. The molecular formula is C17H29N3O. The van der Waals surface area contributed by atoms with Gasteiger partial charge >= 0.3 is 0 Å². The first kappa shape index (κ1) is 16.2. The Morgan fingerprint density at radius 3 is 3.05 bits per heavy atom. The van der Waals surface area contributed by atoms with Crippen molar-refractivity contribution in [3.05, 3.63) is 23.9 Å². The molecule has 1 saturated heterocycles. The molecule has 0 saturated carbocycles. The van der Waals surface area contributed by atoms with E-state index in [2.05, 4.69) is 42.2 Å². The Balaban J connectivity index is 1.87. The first-order valence-corrected chi connectivity index (χ1v) is 8.14. The van der Waals surface area contributed by atoms with Gasteiger partial charge in [-0.2, -0.15) is 0 Å². The Labute approximate surface area is 128 Å². The minimum Gasteiger partial charge on any atom is -0.476 e. The fourth-order valence-corrected chi connectivity index (χ4v) is 2.71. The quantitative estimate of drug-likeness (QED) is 0.838. The van der Waals surface area contributed by atoms with Crippen LogP contribution in [0.25, 0.3) is 0 Å². The standard InChI is InChI=1S/C17H29N3O/c1-14(2)11-18-12-15-7-6-9-19-17(15)21-13-16-8-4-5-10-20(16)3/h6-7,9,14,16,18H,4-5,8,10-13H2,1-3H3. The van der Waals surface area contributed by atoms with Gasteiger partial charge in [0.15, 0.2) is 0 Å². The van der Waals surface area contributed by atoms with Gasteiger partial charge in [-0.3, -0.25) is 0 Å². The molecule has 0 bridgehead atoms. The van der Waals surface area contributed by atoms with Crippen LogP contribution < -0.4 is 10.1 Å². The highest BCUT2D eigenvalue weighted by Crippen LogP contribution is 2.18. The molecule has 0 amide bonds. The van der Waals surface area contributed by atoms with Crippen molar-refractivity contribution in [2.24, 2.45) is 5.92 Å². The fourth-order valence-electron chi connectivity index (χ4n) is 2.71. The molecular weight excluding hydrogens is 262 g/mol. The zero-order valence-corrected chi connectivity index (χ0v) is 13.6. The minimum atomic E-state index is 0.525. The van der Waals surface area contributed by atoms with Gasteiger partial charge in [0, 0.05) is 24.3 Å². The maximum absolute atomic E-state index is 6.01. The number of likely N-dealkylation sites (N-methyl/N-ethyl adjacent to an activating group) is 1. The fraction of sp³-hybridized carbons (Fsp3) is 0.706. The molecule has 1 N–H and O–H groups in total. The lowest BCUT2D eigenvalue weighted by atomic mass is 10.0. The van der Waals surface area contributed by atoms with E-state index in [4.69, 9.17) is 4.74 Å². The third-order valence-electron chi connectivity index (χ3n) is 4.05. The third kappa shape index (κ3) is 5.29. The first-order chi connectivity index (χ1) is 10.2. The Morgan fingerprint density at radius 1 is 1.43 bits per heavy atom. The van der Waals surface area contributed by atoms with Crippen LogP contribution in [0.4, 0.5) is 0 Å². The molecule has 1 aliphatic heterocycles. The predicted molar refractivity (Wildman–Crippen MR) is 86.5 cm³/mol. The van der Waals surface area contributed by atoms with Crippen LogP contribution in [0.2, 0.25) is 0 Å². The SMILES string of the molecule is CC(C)CNCc1cccnc1OCC1CCCCN1C. The second-order valence-electron chi connectivity index (χ2n) is 6.43. The summed E-state index contributed by atoms with van der Waals surface area (Å²) in [6.45, 7) is 8.18. The van der Waals surface area contributed by atoms with Crippen molar-refractivity contribution in [1.82, 2.24) is 15.2 Å². The summed E-state index contributed by atoms with van der Waals surface area (Å²) in [5.74, 6) is 1.44. The number of aromatic nitrogens is 1. The lowest BCUT2D eigenvalue weighted by Gasteiger charge is -2.32. The summed E-state index contributed by atoms with van der Waals surface area (Å²) in [7, 11) is 2.19. The maximum Gasteiger partial charge on any atom is 0.217 e. The topological polar surface area (TPSA) is 37.4 Å². The van der Waals surface area contributed by atoms with Crippen LogP contribution in [0.1, 0.15) is 38.7 Å². The maximum atomic E-state index is 6.01. The van der Waals surface area contributed by atoms with Crippen LogP contribution in [0.5, 0.6) is 5.88 Å². The van der Waals surface area contributed by atoms with Crippen molar-refractivity contribution in [2.75, 3.05) is 26.7 Å². The van der Waals surface area contributed by atoms with Crippen molar-refractivity contribution >= 4 is 0 Å². The number of ether oxygens (including phenoxy) is 1. The smallest absolute Gasteiger partial charge is 0.217 e. The summed E-state index contributed by atoms with van der Waals surface area (Å²) < 4.78 is 6.01. The largest absolute Gasteiger partial charge is 0.476 e. The van der Waals surface area contributed by atoms with Gasteiger partial charge in [-0.15, -0.1) is 0 Å². The van der Waals surface area contributed by atoms with Gasteiger partial charge in [0.05, 0.1) is 0 Å². The minimum absolute atomic E-state index is 0.525. The second kappa shape index (κ2) is 8.35. The van der Waals surface area contributed by atoms with Crippen molar-refractivity contribution < 1.29 is 4.74 Å². The van der Waals surface area contributed by atoms with E-state index in [-0.39, 0.29) is 0 Å². The van der Waals surface area contributed by atoms with Crippen LogP contribution in [0.15, 0.2) is 18.3 Å². The molecule has 1 aromatic rings. The molecule has 0 radical (unpaired) electrons. The summed E-state index contributed by atoms with van der Waals surface area (Å²) in [6, 6.07) is 4.60. The average molecular weight is 291 g/mol. The van der Waals surface area contributed by atoms with Crippen molar-refractivity contribution in [3.8, 4) is 5.88 Å². The second-order valence-corrected chi connectivity index (χ2v) is 6.43. The van der Waals surface area contributed by atoms with E-state index in [0.717, 1.165) is 31.1 Å². The van der Waals surface area contributed by atoms with E-state index in [0.29, 0.717) is 12.0 Å². The Kier molecular flexibility index (Phi) is 6.46. The van der Waals surface area contributed by atoms with Crippen LogP contribution in [-0.4, -0.2) is 42.7 Å². The van der Waals surface area contributed by atoms with Crippen LogP contribution in [0, 0.1) is 5.92 Å². The van der Waals surface area contributed by atoms with E-state index in [1.54, 1.807) is 0 Å². The molecule has 1 aliphatic rings. The van der Waals surface area contributed by atoms with Crippen molar-refractivity contribution in [1.29, 1.82) is 0 Å². The van der Waals surface area contributed by atoms with E-state index >= 15 is 0 Å². The Bertz CT molecular complexity index is 422. The Morgan fingerprint density at radius 2 is 2.29 bits per heavy atom. The molecule has 1 aromatic heterocycles. The number of nitrogens with one attached hydrogen (secondary N) is 1. The Hall–Kier alpha value is -1.13. The third-order valence-corrected chi connectivity index (χ3v) is 4.05. The lowest BCUT2D eigenvalue weighted by Crippen LogP contribution is -2.40. The molecule has 1 unspecified atom stereocenters. The number of piperidine rings is 1. The molecule has 0 aromatic carbocycles. The van der Waals surface area contributed by atoms with Gasteiger partial charge in [-0.05, 0) is 45.0 Å². The molecule has 2 heterocycles. The number of nitrogens with zero attached hydrogens (tertiary/aromatic N) is 2. The average Bonchev–Trinajstić information content (AvgIpc) is 2.47. The molecule has 1 fully saturated rings. The summed E-state index contributed by atoms with van der Waals surface area (Å²) in [5.41, 5.74) is 1.15. The molecule has 4 nitrogen and oxygen atoms in total. The predicted octanol–water partition coefficient (Wildman–Crippen LogP) is 2.69. The van der Waals surface area contributed by atoms with Gasteiger partial charge in [0.2, 0.25) is 5.88 Å². The van der Waals surface area contributed by atoms with Crippen LogP contribution in [0.3, 0.4) is 0 Å². The highest BCUT2D eigenvalue weighted by molar-refractivity contribution is 5.25. The summed E-state index contributed by atoms with van der Waals surface area (Å²) in [5, 5.41) is 3.46.